The van der Waals surface area contributed by atoms with Crippen molar-refractivity contribution >= 4 is 34.1 Å². The largest absolute Gasteiger partial charge is 0.496 e. The molecule has 0 saturated heterocycles. The van der Waals surface area contributed by atoms with Crippen molar-refractivity contribution in [1.82, 2.24) is 20.0 Å². The highest BCUT2D eigenvalue weighted by molar-refractivity contribution is 6.34. The normalized spacial score (nSPS) is 13.6. The molecule has 9 heteroatoms. The van der Waals surface area contributed by atoms with E-state index < -0.39 is 11.7 Å². The van der Waals surface area contributed by atoms with Crippen molar-refractivity contribution in [1.29, 1.82) is 0 Å². The Hall–Kier alpha value is -3.39. The number of rotatable bonds is 5. The third-order valence-electron chi connectivity index (χ3n) is 5.12. The molecule has 1 fully saturated rings. The quantitative estimate of drug-likeness (QED) is 0.480. The number of nitrogens with one attached hydrogen (secondary N) is 2. The van der Waals surface area contributed by atoms with E-state index in [1.807, 2.05) is 10.9 Å². The summed E-state index contributed by atoms with van der Waals surface area (Å²) in [4.78, 5) is 12.9. The number of ether oxygens (including phenoxy) is 1. The zero-order valence-corrected chi connectivity index (χ0v) is 16.7. The molecule has 1 aliphatic carbocycles. The Labute approximate surface area is 175 Å². The average molecular weight is 426 g/mol. The molecular weight excluding hydrogens is 409 g/mol. The molecule has 1 amide bonds. The Morgan fingerprint density at radius 1 is 1.37 bits per heavy atom. The second-order valence-electron chi connectivity index (χ2n) is 7.16. The number of aromatic nitrogens is 4. The zero-order valence-electron chi connectivity index (χ0n) is 15.9. The number of aromatic amines is 1. The van der Waals surface area contributed by atoms with Crippen LogP contribution < -0.4 is 10.1 Å². The van der Waals surface area contributed by atoms with Crippen LogP contribution in [0, 0.1) is 5.82 Å². The molecule has 0 radical (unpaired) electrons. The first-order chi connectivity index (χ1) is 14.5. The number of benzene rings is 2. The van der Waals surface area contributed by atoms with Crippen molar-refractivity contribution in [2.24, 2.45) is 0 Å². The number of fused-ring (bicyclic) bond motifs is 1. The van der Waals surface area contributed by atoms with Gasteiger partial charge in [-0.05, 0) is 31.0 Å². The van der Waals surface area contributed by atoms with Gasteiger partial charge in [0, 0.05) is 23.2 Å². The highest BCUT2D eigenvalue weighted by atomic mass is 35.5. The van der Waals surface area contributed by atoms with Gasteiger partial charge in [0.2, 0.25) is 0 Å². The summed E-state index contributed by atoms with van der Waals surface area (Å²) in [6.45, 7) is 0. The van der Waals surface area contributed by atoms with Crippen LogP contribution in [0.25, 0.3) is 22.2 Å². The smallest absolute Gasteiger partial charge is 0.259 e. The lowest BCUT2D eigenvalue weighted by atomic mass is 10.1. The molecule has 1 aliphatic rings. The molecule has 0 bridgehead atoms. The molecule has 0 aliphatic heterocycles. The molecule has 7 nitrogen and oxygen atoms in total. The van der Waals surface area contributed by atoms with Gasteiger partial charge >= 0.3 is 0 Å². The van der Waals surface area contributed by atoms with Crippen molar-refractivity contribution in [3.63, 3.8) is 0 Å². The standard InChI is InChI=1S/C21H17ClFN5O2/c1-30-18-8-17-13(19(27-26-17)11-9-24-28(10-11)12-5-6-12)7-14(18)21(29)25-20-15(22)3-2-4-16(20)23/h2-4,7-10,12H,5-6H2,1H3,(H,25,29)(H,26,27). The Kier molecular flexibility index (Phi) is 4.43. The topological polar surface area (TPSA) is 84.8 Å². The van der Waals surface area contributed by atoms with Gasteiger partial charge in [0.15, 0.2) is 0 Å². The summed E-state index contributed by atoms with van der Waals surface area (Å²) < 4.78 is 21.4. The van der Waals surface area contributed by atoms with Crippen LogP contribution in [0.4, 0.5) is 10.1 Å². The van der Waals surface area contributed by atoms with Gasteiger partial charge in [-0.1, -0.05) is 17.7 Å². The Morgan fingerprint density at radius 3 is 2.93 bits per heavy atom. The predicted molar refractivity (Wildman–Crippen MR) is 112 cm³/mol. The molecule has 5 rings (SSSR count). The fourth-order valence-electron chi connectivity index (χ4n) is 3.41. The third-order valence-corrected chi connectivity index (χ3v) is 5.44. The molecular formula is C21H17ClFN5O2. The van der Waals surface area contributed by atoms with Crippen molar-refractivity contribution in [2.75, 3.05) is 12.4 Å². The number of hydrogen-bond donors (Lipinski definition) is 2. The van der Waals surface area contributed by atoms with E-state index in [0.29, 0.717) is 23.0 Å². The summed E-state index contributed by atoms with van der Waals surface area (Å²) in [5, 5.41) is 15.2. The molecule has 2 aromatic heterocycles. The van der Waals surface area contributed by atoms with Gasteiger partial charge in [0.05, 0.1) is 41.1 Å². The Bertz CT molecular complexity index is 1260. The second kappa shape index (κ2) is 7.14. The number of amides is 1. The molecule has 2 heterocycles. The fourth-order valence-corrected chi connectivity index (χ4v) is 3.62. The summed E-state index contributed by atoms with van der Waals surface area (Å²) in [5.41, 5.74) is 2.40. The van der Waals surface area contributed by atoms with Crippen molar-refractivity contribution < 1.29 is 13.9 Å². The molecule has 2 aromatic carbocycles. The maximum absolute atomic E-state index is 14.1. The van der Waals surface area contributed by atoms with Crippen LogP contribution >= 0.6 is 11.6 Å². The minimum atomic E-state index is -0.618. The SMILES string of the molecule is COc1cc2[nH]nc(-c3cnn(C4CC4)c3)c2cc1C(=O)Nc1c(F)cccc1Cl. The van der Waals surface area contributed by atoms with Crippen LogP contribution in [-0.4, -0.2) is 33.0 Å². The second-order valence-corrected chi connectivity index (χ2v) is 7.57. The lowest BCUT2D eigenvalue weighted by Crippen LogP contribution is -2.14. The van der Waals surface area contributed by atoms with E-state index in [2.05, 4.69) is 20.6 Å². The van der Waals surface area contributed by atoms with Crippen LogP contribution in [0.3, 0.4) is 0 Å². The van der Waals surface area contributed by atoms with Gasteiger partial charge in [-0.25, -0.2) is 4.39 Å². The number of nitrogens with zero attached hydrogens (tertiary/aromatic N) is 3. The van der Waals surface area contributed by atoms with E-state index in [1.54, 1.807) is 18.3 Å². The maximum atomic E-state index is 14.1. The van der Waals surface area contributed by atoms with Gasteiger partial charge in [-0.2, -0.15) is 10.2 Å². The number of H-pyrrole nitrogens is 1. The van der Waals surface area contributed by atoms with Crippen LogP contribution in [0.1, 0.15) is 29.2 Å². The number of methoxy groups -OCH3 is 1. The number of carbonyl (C=O) groups excluding carboxylic acids is 1. The maximum Gasteiger partial charge on any atom is 0.259 e. The summed E-state index contributed by atoms with van der Waals surface area (Å²) in [5.74, 6) is -0.828. The van der Waals surface area contributed by atoms with Gasteiger partial charge in [0.1, 0.15) is 17.3 Å². The van der Waals surface area contributed by atoms with Gasteiger partial charge in [-0.3, -0.25) is 14.6 Å². The lowest BCUT2D eigenvalue weighted by molar-refractivity contribution is 0.102. The van der Waals surface area contributed by atoms with Crippen LogP contribution in [-0.2, 0) is 0 Å². The van der Waals surface area contributed by atoms with E-state index in [-0.39, 0.29) is 16.3 Å². The van der Waals surface area contributed by atoms with Gasteiger partial charge in [-0.15, -0.1) is 0 Å². The molecule has 0 spiro atoms. The van der Waals surface area contributed by atoms with Gasteiger partial charge in [0.25, 0.3) is 5.91 Å². The number of halogens is 2. The van der Waals surface area contributed by atoms with E-state index in [0.717, 1.165) is 23.8 Å². The van der Waals surface area contributed by atoms with Crippen LogP contribution in [0.2, 0.25) is 5.02 Å². The van der Waals surface area contributed by atoms with Crippen molar-refractivity contribution in [2.45, 2.75) is 18.9 Å². The van der Waals surface area contributed by atoms with E-state index in [1.165, 1.54) is 25.3 Å². The minimum absolute atomic E-state index is 0.0792. The first-order valence-corrected chi connectivity index (χ1v) is 9.79. The van der Waals surface area contributed by atoms with Crippen molar-refractivity contribution in [3.8, 4) is 17.0 Å². The van der Waals surface area contributed by atoms with Crippen LogP contribution in [0.5, 0.6) is 5.75 Å². The molecule has 0 atom stereocenters. The molecule has 2 N–H and O–H groups in total. The molecule has 152 valence electrons. The molecule has 1 saturated carbocycles. The number of hydrogen-bond acceptors (Lipinski definition) is 4. The number of anilines is 1. The summed E-state index contributed by atoms with van der Waals surface area (Å²) >= 11 is 6.04. The number of para-hydroxylation sites is 1. The molecule has 4 aromatic rings. The zero-order chi connectivity index (χ0) is 20.8. The third kappa shape index (κ3) is 3.19. The Balaban J connectivity index is 1.56. The number of carbonyl (C=O) groups is 1. The van der Waals surface area contributed by atoms with Crippen molar-refractivity contribution in [3.05, 3.63) is 59.1 Å². The van der Waals surface area contributed by atoms with E-state index in [9.17, 15) is 9.18 Å². The highest BCUT2D eigenvalue weighted by Gasteiger charge is 2.25. The molecule has 0 unspecified atom stereocenters. The van der Waals surface area contributed by atoms with E-state index >= 15 is 0 Å². The van der Waals surface area contributed by atoms with Crippen LogP contribution in [0.15, 0.2) is 42.7 Å². The highest BCUT2D eigenvalue weighted by Crippen LogP contribution is 2.37. The first kappa shape index (κ1) is 18.6. The summed E-state index contributed by atoms with van der Waals surface area (Å²) in [7, 11) is 1.46. The lowest BCUT2D eigenvalue weighted by Gasteiger charge is -2.11. The van der Waals surface area contributed by atoms with Gasteiger partial charge < -0.3 is 10.1 Å². The monoisotopic (exact) mass is 425 g/mol. The summed E-state index contributed by atoms with van der Waals surface area (Å²) in [6.07, 6.45) is 5.97. The predicted octanol–water partition coefficient (Wildman–Crippen LogP) is 4.81. The first-order valence-electron chi connectivity index (χ1n) is 9.41. The molecule has 30 heavy (non-hydrogen) atoms. The summed E-state index contributed by atoms with van der Waals surface area (Å²) in [6, 6.07) is 8.02. The Morgan fingerprint density at radius 2 is 2.20 bits per heavy atom. The average Bonchev–Trinajstić information content (AvgIpc) is 3.33. The fraction of sp³-hybridized carbons (Fsp3) is 0.190. The van der Waals surface area contributed by atoms with E-state index in [4.69, 9.17) is 16.3 Å². The minimum Gasteiger partial charge on any atom is -0.496 e.